The number of rotatable bonds is 4. The van der Waals surface area contributed by atoms with E-state index in [1.165, 1.54) is 0 Å². The number of hydrogen-bond acceptors (Lipinski definition) is 3. The summed E-state index contributed by atoms with van der Waals surface area (Å²) in [7, 11) is 0. The van der Waals surface area contributed by atoms with Crippen LogP contribution >= 0.6 is 0 Å². The molecule has 1 heterocycles. The molecule has 0 spiro atoms. The molecule has 0 aliphatic heterocycles. The van der Waals surface area contributed by atoms with E-state index in [0.717, 1.165) is 0 Å². The predicted octanol–water partition coefficient (Wildman–Crippen LogP) is 0.580. The summed E-state index contributed by atoms with van der Waals surface area (Å²) in [6, 6.07) is 0. The Labute approximate surface area is 80.9 Å². The Morgan fingerprint density at radius 2 is 2.00 bits per heavy atom. The van der Waals surface area contributed by atoms with Crippen LogP contribution in [0.2, 0.25) is 0 Å². The summed E-state index contributed by atoms with van der Waals surface area (Å²) in [4.78, 5) is 10.6. The van der Waals surface area contributed by atoms with Crippen molar-refractivity contribution in [3.05, 3.63) is 11.4 Å². The third kappa shape index (κ3) is 2.42. The molecule has 0 aliphatic carbocycles. The zero-order chi connectivity index (χ0) is 11.6. The molecule has 0 atom stereocenters. The van der Waals surface area contributed by atoms with Crippen LogP contribution in [0, 0.1) is 0 Å². The van der Waals surface area contributed by atoms with Gasteiger partial charge in [0.15, 0.2) is 5.69 Å². The van der Waals surface area contributed by atoms with Crippen LogP contribution in [0.4, 0.5) is 17.6 Å². The molecule has 1 amide bonds. The standard InChI is InChI=1S/C6H6F4N4O/c7-2(8)1-14-4(5(9)10)3(6(11)15)12-13-14/h2,5H,1H2,(H2,11,15). The van der Waals surface area contributed by atoms with Crippen LogP contribution in [0.1, 0.15) is 22.6 Å². The Morgan fingerprint density at radius 1 is 1.40 bits per heavy atom. The Kier molecular flexibility index (Phi) is 3.22. The van der Waals surface area contributed by atoms with Crippen LogP contribution in [0.3, 0.4) is 0 Å². The smallest absolute Gasteiger partial charge is 0.282 e. The number of primary amides is 1. The lowest BCUT2D eigenvalue weighted by molar-refractivity contribution is 0.0945. The summed E-state index contributed by atoms with van der Waals surface area (Å²) in [6.07, 6.45) is -6.01. The van der Waals surface area contributed by atoms with E-state index in [1.807, 2.05) is 0 Å². The highest BCUT2D eigenvalue weighted by molar-refractivity contribution is 5.91. The van der Waals surface area contributed by atoms with E-state index in [-0.39, 0.29) is 4.68 Å². The number of aromatic nitrogens is 3. The van der Waals surface area contributed by atoms with Crippen LogP contribution in [0.15, 0.2) is 0 Å². The van der Waals surface area contributed by atoms with Gasteiger partial charge in [-0.2, -0.15) is 0 Å². The van der Waals surface area contributed by atoms with Crippen molar-refractivity contribution < 1.29 is 22.4 Å². The van der Waals surface area contributed by atoms with Gasteiger partial charge in [0, 0.05) is 0 Å². The van der Waals surface area contributed by atoms with Crippen molar-refractivity contribution in [2.24, 2.45) is 5.73 Å². The van der Waals surface area contributed by atoms with Gasteiger partial charge in [0.05, 0.1) is 0 Å². The molecular formula is C6H6F4N4O. The number of carbonyl (C=O) groups excluding carboxylic acids is 1. The summed E-state index contributed by atoms with van der Waals surface area (Å²) in [5.41, 5.74) is 2.95. The number of hydrogen-bond donors (Lipinski definition) is 1. The fourth-order valence-corrected chi connectivity index (χ4v) is 0.977. The number of carbonyl (C=O) groups is 1. The molecule has 0 saturated heterocycles. The lowest BCUT2D eigenvalue weighted by atomic mass is 10.3. The Balaban J connectivity index is 3.12. The largest absolute Gasteiger partial charge is 0.364 e. The highest BCUT2D eigenvalue weighted by Crippen LogP contribution is 2.21. The van der Waals surface area contributed by atoms with Gasteiger partial charge in [0.2, 0.25) is 0 Å². The Morgan fingerprint density at radius 3 is 2.40 bits per heavy atom. The molecule has 1 rings (SSSR count). The van der Waals surface area contributed by atoms with Crippen molar-refractivity contribution in [1.82, 2.24) is 15.0 Å². The number of halogens is 4. The van der Waals surface area contributed by atoms with E-state index < -0.39 is 36.7 Å². The van der Waals surface area contributed by atoms with Crippen molar-refractivity contribution >= 4 is 5.91 Å². The fourth-order valence-electron chi connectivity index (χ4n) is 0.977. The molecule has 0 bridgehead atoms. The van der Waals surface area contributed by atoms with Crippen LogP contribution in [-0.4, -0.2) is 27.3 Å². The average molecular weight is 226 g/mol. The molecule has 1 aromatic rings. The molecule has 0 unspecified atom stereocenters. The van der Waals surface area contributed by atoms with E-state index in [1.54, 1.807) is 0 Å². The highest BCUT2D eigenvalue weighted by atomic mass is 19.3. The van der Waals surface area contributed by atoms with Crippen molar-refractivity contribution in [3.8, 4) is 0 Å². The van der Waals surface area contributed by atoms with Crippen LogP contribution in [0.25, 0.3) is 0 Å². The van der Waals surface area contributed by atoms with Gasteiger partial charge in [0.25, 0.3) is 18.8 Å². The molecule has 0 radical (unpaired) electrons. The molecular weight excluding hydrogens is 220 g/mol. The zero-order valence-electron chi connectivity index (χ0n) is 7.20. The molecule has 9 heteroatoms. The van der Waals surface area contributed by atoms with Crippen molar-refractivity contribution in [1.29, 1.82) is 0 Å². The average Bonchev–Trinajstić information content (AvgIpc) is 2.46. The molecule has 5 nitrogen and oxygen atoms in total. The van der Waals surface area contributed by atoms with Crippen LogP contribution in [-0.2, 0) is 6.54 Å². The molecule has 0 aromatic carbocycles. The van der Waals surface area contributed by atoms with Gasteiger partial charge in [-0.3, -0.25) is 4.79 Å². The Bertz CT molecular complexity index is 364. The Hall–Kier alpha value is -1.67. The molecule has 15 heavy (non-hydrogen) atoms. The first-order valence-corrected chi connectivity index (χ1v) is 3.73. The van der Waals surface area contributed by atoms with E-state index in [0.29, 0.717) is 0 Å². The van der Waals surface area contributed by atoms with Crippen molar-refractivity contribution in [3.63, 3.8) is 0 Å². The molecule has 0 fully saturated rings. The lowest BCUT2D eigenvalue weighted by Crippen LogP contribution is -2.17. The second-order valence-electron chi connectivity index (χ2n) is 2.56. The van der Waals surface area contributed by atoms with Gasteiger partial charge in [0.1, 0.15) is 12.2 Å². The van der Waals surface area contributed by atoms with Gasteiger partial charge < -0.3 is 5.73 Å². The third-order valence-electron chi connectivity index (χ3n) is 1.52. The fraction of sp³-hybridized carbons (Fsp3) is 0.500. The first-order valence-electron chi connectivity index (χ1n) is 3.73. The molecule has 0 aliphatic rings. The van der Waals surface area contributed by atoms with Gasteiger partial charge >= 0.3 is 0 Å². The maximum Gasteiger partial charge on any atom is 0.282 e. The quantitative estimate of drug-likeness (QED) is 0.763. The minimum atomic E-state index is -3.14. The summed E-state index contributed by atoms with van der Waals surface area (Å²) in [5.74, 6) is -1.23. The van der Waals surface area contributed by atoms with Crippen molar-refractivity contribution in [2.45, 2.75) is 19.4 Å². The molecule has 2 N–H and O–H groups in total. The zero-order valence-corrected chi connectivity index (χ0v) is 7.20. The monoisotopic (exact) mass is 226 g/mol. The molecule has 0 saturated carbocycles. The normalized spacial score (nSPS) is 11.3. The van der Waals surface area contributed by atoms with Crippen LogP contribution in [0.5, 0.6) is 0 Å². The first kappa shape index (κ1) is 11.4. The van der Waals surface area contributed by atoms with Gasteiger partial charge in [-0.05, 0) is 0 Å². The van der Waals surface area contributed by atoms with Gasteiger partial charge in [-0.1, -0.05) is 5.21 Å². The summed E-state index contributed by atoms with van der Waals surface area (Å²) >= 11 is 0. The molecule has 1 aromatic heterocycles. The SMILES string of the molecule is NC(=O)c1nnn(CC(F)F)c1C(F)F. The first-order chi connectivity index (χ1) is 6.93. The second kappa shape index (κ2) is 4.24. The number of alkyl halides is 4. The highest BCUT2D eigenvalue weighted by Gasteiger charge is 2.26. The third-order valence-corrected chi connectivity index (χ3v) is 1.52. The number of nitrogens with two attached hydrogens (primary N) is 1. The van der Waals surface area contributed by atoms with E-state index >= 15 is 0 Å². The van der Waals surface area contributed by atoms with Gasteiger partial charge in [-0.15, -0.1) is 5.10 Å². The summed E-state index contributed by atoms with van der Waals surface area (Å²) in [5, 5.41) is 6.02. The summed E-state index contributed by atoms with van der Waals surface area (Å²) in [6.45, 7) is -1.06. The maximum absolute atomic E-state index is 12.4. The number of amides is 1. The van der Waals surface area contributed by atoms with E-state index in [9.17, 15) is 22.4 Å². The van der Waals surface area contributed by atoms with Crippen molar-refractivity contribution in [2.75, 3.05) is 0 Å². The molecule has 84 valence electrons. The minimum Gasteiger partial charge on any atom is -0.364 e. The maximum atomic E-state index is 12.4. The van der Waals surface area contributed by atoms with E-state index in [2.05, 4.69) is 10.3 Å². The van der Waals surface area contributed by atoms with Gasteiger partial charge in [-0.25, -0.2) is 22.2 Å². The lowest BCUT2D eigenvalue weighted by Gasteiger charge is -2.04. The second-order valence-corrected chi connectivity index (χ2v) is 2.56. The minimum absolute atomic E-state index is 0.273. The summed E-state index contributed by atoms with van der Waals surface area (Å²) < 4.78 is 48.9. The van der Waals surface area contributed by atoms with Crippen LogP contribution < -0.4 is 5.73 Å². The van der Waals surface area contributed by atoms with E-state index in [4.69, 9.17) is 5.73 Å². The predicted molar refractivity (Wildman–Crippen MR) is 39.5 cm³/mol. The topological polar surface area (TPSA) is 73.8 Å². The number of nitrogens with zero attached hydrogens (tertiary/aromatic N) is 3.